The van der Waals surface area contributed by atoms with E-state index in [1.165, 1.54) is 49.4 Å². The summed E-state index contributed by atoms with van der Waals surface area (Å²) < 4.78 is 46.0. The highest BCUT2D eigenvalue weighted by molar-refractivity contribution is 6.03. The predicted molar refractivity (Wildman–Crippen MR) is 110 cm³/mol. The van der Waals surface area contributed by atoms with Crippen molar-refractivity contribution in [1.82, 2.24) is 9.78 Å². The van der Waals surface area contributed by atoms with Gasteiger partial charge in [0.05, 0.1) is 23.4 Å². The lowest BCUT2D eigenvalue weighted by atomic mass is 10.1. The second-order valence-corrected chi connectivity index (χ2v) is 6.68. The minimum absolute atomic E-state index is 0.127. The summed E-state index contributed by atoms with van der Waals surface area (Å²) in [4.78, 5) is 36.7. The Morgan fingerprint density at radius 1 is 1.09 bits per heavy atom. The van der Waals surface area contributed by atoms with Crippen LogP contribution in [0.3, 0.4) is 0 Å². The summed E-state index contributed by atoms with van der Waals surface area (Å²) in [6.45, 7) is 3.29. The highest BCUT2D eigenvalue weighted by Gasteiger charge is 2.34. The molecule has 0 radical (unpaired) electrons. The molecule has 2 aromatic carbocycles. The van der Waals surface area contributed by atoms with E-state index >= 15 is 0 Å². The first-order valence-electron chi connectivity index (χ1n) is 9.48. The van der Waals surface area contributed by atoms with Crippen molar-refractivity contribution in [2.45, 2.75) is 20.0 Å². The fraction of sp³-hybridized carbons (Fsp3) is 0.182. The minimum Gasteiger partial charge on any atom is -0.462 e. The number of halogens is 3. The molecule has 0 bridgehead atoms. The average Bonchev–Trinajstić information content (AvgIpc) is 2.74. The van der Waals surface area contributed by atoms with E-state index in [0.29, 0.717) is 0 Å². The van der Waals surface area contributed by atoms with Crippen molar-refractivity contribution < 1.29 is 27.5 Å². The molecule has 10 heteroatoms. The summed E-state index contributed by atoms with van der Waals surface area (Å²) in [5, 5.41) is 6.35. The Hall–Kier alpha value is -3.95. The number of hydrogen-bond donors (Lipinski definition) is 1. The van der Waals surface area contributed by atoms with Crippen molar-refractivity contribution in [2.75, 3.05) is 11.9 Å². The second kappa shape index (κ2) is 9.04. The van der Waals surface area contributed by atoms with E-state index in [9.17, 15) is 27.6 Å². The molecule has 32 heavy (non-hydrogen) atoms. The summed E-state index contributed by atoms with van der Waals surface area (Å²) in [7, 11) is 0. The van der Waals surface area contributed by atoms with Crippen LogP contribution in [0.5, 0.6) is 0 Å². The minimum atomic E-state index is -4.66. The largest absolute Gasteiger partial charge is 0.462 e. The Labute approximate surface area is 180 Å². The van der Waals surface area contributed by atoms with Crippen molar-refractivity contribution in [3.8, 4) is 5.69 Å². The lowest BCUT2D eigenvalue weighted by Crippen LogP contribution is -2.27. The molecule has 0 aliphatic carbocycles. The number of rotatable bonds is 5. The number of aromatic nitrogens is 2. The highest BCUT2D eigenvalue weighted by atomic mass is 19.4. The molecule has 1 amide bonds. The van der Waals surface area contributed by atoms with Gasteiger partial charge in [0, 0.05) is 17.4 Å². The SMILES string of the molecule is CCOC(=O)c1ccc(NC(=O)c2nn(-c3ccccc3C(F)(F)F)c(C)cc2=O)cc1. The summed E-state index contributed by atoms with van der Waals surface area (Å²) in [6, 6.07) is 11.5. The number of benzene rings is 2. The summed E-state index contributed by atoms with van der Waals surface area (Å²) >= 11 is 0. The van der Waals surface area contributed by atoms with Gasteiger partial charge in [-0.2, -0.15) is 18.3 Å². The molecule has 0 spiro atoms. The number of nitrogens with one attached hydrogen (secondary N) is 1. The van der Waals surface area contributed by atoms with Crippen molar-refractivity contribution in [2.24, 2.45) is 0 Å². The molecule has 0 aliphatic heterocycles. The summed E-state index contributed by atoms with van der Waals surface area (Å²) in [5.41, 5.74) is -1.95. The molecule has 0 atom stereocenters. The van der Waals surface area contributed by atoms with Gasteiger partial charge in [-0.3, -0.25) is 9.59 Å². The number of alkyl halides is 3. The molecular formula is C22H18F3N3O4. The lowest BCUT2D eigenvalue weighted by Gasteiger charge is -2.16. The number of nitrogens with zero attached hydrogens (tertiary/aromatic N) is 2. The van der Waals surface area contributed by atoms with Gasteiger partial charge in [0.1, 0.15) is 0 Å². The van der Waals surface area contributed by atoms with Gasteiger partial charge in [0.25, 0.3) is 5.91 Å². The smallest absolute Gasteiger partial charge is 0.418 e. The Bertz CT molecular complexity index is 1220. The van der Waals surface area contributed by atoms with Crippen molar-refractivity contribution in [3.05, 3.63) is 87.3 Å². The van der Waals surface area contributed by atoms with Gasteiger partial charge < -0.3 is 10.1 Å². The highest BCUT2D eigenvalue weighted by Crippen LogP contribution is 2.33. The van der Waals surface area contributed by atoms with Crippen LogP contribution in [0.4, 0.5) is 18.9 Å². The van der Waals surface area contributed by atoms with E-state index in [2.05, 4.69) is 10.4 Å². The van der Waals surface area contributed by atoms with E-state index in [-0.39, 0.29) is 29.2 Å². The Kier molecular flexibility index (Phi) is 6.42. The molecule has 1 aromatic heterocycles. The van der Waals surface area contributed by atoms with Gasteiger partial charge in [-0.15, -0.1) is 0 Å². The molecule has 7 nitrogen and oxygen atoms in total. The zero-order valence-corrected chi connectivity index (χ0v) is 17.1. The first-order valence-corrected chi connectivity index (χ1v) is 9.48. The van der Waals surface area contributed by atoms with Crippen LogP contribution < -0.4 is 10.7 Å². The molecule has 0 saturated carbocycles. The van der Waals surface area contributed by atoms with Gasteiger partial charge in [0.15, 0.2) is 5.69 Å². The molecule has 0 aliphatic rings. The Morgan fingerprint density at radius 2 is 1.75 bits per heavy atom. The summed E-state index contributed by atoms with van der Waals surface area (Å²) in [5.74, 6) is -1.44. The quantitative estimate of drug-likeness (QED) is 0.600. The van der Waals surface area contributed by atoms with E-state index in [0.717, 1.165) is 16.8 Å². The van der Waals surface area contributed by atoms with Crippen molar-refractivity contribution in [3.63, 3.8) is 0 Å². The number of ether oxygens (including phenoxy) is 1. The molecule has 0 fully saturated rings. The van der Waals surface area contributed by atoms with Gasteiger partial charge in [-0.05, 0) is 50.2 Å². The zero-order valence-electron chi connectivity index (χ0n) is 17.1. The van der Waals surface area contributed by atoms with Gasteiger partial charge >= 0.3 is 12.1 Å². The van der Waals surface area contributed by atoms with Crippen LogP contribution in [0.15, 0.2) is 59.4 Å². The average molecular weight is 445 g/mol. The standard InChI is InChI=1S/C22H18F3N3O4/c1-3-32-21(31)14-8-10-15(11-9-14)26-20(30)19-18(29)12-13(2)28(27-19)17-7-5-4-6-16(17)22(23,24)25/h4-12H,3H2,1-2H3,(H,26,30). The fourth-order valence-corrected chi connectivity index (χ4v) is 2.94. The molecule has 0 unspecified atom stereocenters. The Balaban J connectivity index is 1.94. The molecule has 1 N–H and O–H groups in total. The molecular weight excluding hydrogens is 427 g/mol. The number of hydrogen-bond acceptors (Lipinski definition) is 5. The van der Waals surface area contributed by atoms with Crippen molar-refractivity contribution in [1.29, 1.82) is 0 Å². The molecule has 0 saturated heterocycles. The second-order valence-electron chi connectivity index (χ2n) is 6.68. The normalized spacial score (nSPS) is 11.2. The van der Waals surface area contributed by atoms with Crippen LogP contribution in [0.1, 0.15) is 39.0 Å². The molecule has 3 rings (SSSR count). The summed E-state index contributed by atoms with van der Waals surface area (Å²) in [6.07, 6.45) is -4.66. The Morgan fingerprint density at radius 3 is 2.38 bits per heavy atom. The van der Waals surface area contributed by atoms with Gasteiger partial charge in [-0.25, -0.2) is 9.48 Å². The number of amides is 1. The van der Waals surface area contributed by atoms with Gasteiger partial charge in [0.2, 0.25) is 5.43 Å². The van der Waals surface area contributed by atoms with Crippen LogP contribution >= 0.6 is 0 Å². The third-order valence-electron chi connectivity index (χ3n) is 4.41. The monoisotopic (exact) mass is 445 g/mol. The van der Waals surface area contributed by atoms with Crippen LogP contribution in [-0.4, -0.2) is 28.3 Å². The number of esters is 1. The first kappa shape index (κ1) is 22.7. The third kappa shape index (κ3) is 4.85. The van der Waals surface area contributed by atoms with E-state index in [4.69, 9.17) is 4.74 Å². The van der Waals surface area contributed by atoms with E-state index in [1.54, 1.807) is 6.92 Å². The maximum absolute atomic E-state index is 13.4. The predicted octanol–water partition coefficient (Wildman–Crippen LogP) is 3.99. The zero-order chi connectivity index (χ0) is 23.5. The van der Waals surface area contributed by atoms with Crippen LogP contribution in [0.2, 0.25) is 0 Å². The molecule has 166 valence electrons. The number of aryl methyl sites for hydroxylation is 1. The van der Waals surface area contributed by atoms with Crippen LogP contribution in [0.25, 0.3) is 5.69 Å². The first-order chi connectivity index (χ1) is 15.1. The van der Waals surface area contributed by atoms with Gasteiger partial charge in [-0.1, -0.05) is 12.1 Å². The maximum Gasteiger partial charge on any atom is 0.418 e. The third-order valence-corrected chi connectivity index (χ3v) is 4.41. The van der Waals surface area contributed by atoms with Crippen LogP contribution in [-0.2, 0) is 10.9 Å². The topological polar surface area (TPSA) is 90.3 Å². The number of para-hydroxylation sites is 1. The maximum atomic E-state index is 13.4. The lowest BCUT2D eigenvalue weighted by molar-refractivity contribution is -0.137. The van der Waals surface area contributed by atoms with Crippen LogP contribution in [0, 0.1) is 6.92 Å². The fourth-order valence-electron chi connectivity index (χ4n) is 2.94. The van der Waals surface area contributed by atoms with E-state index in [1.807, 2.05) is 0 Å². The number of carbonyl (C=O) groups is 2. The number of anilines is 1. The van der Waals surface area contributed by atoms with Crippen molar-refractivity contribution >= 4 is 17.6 Å². The molecule has 1 heterocycles. The number of carbonyl (C=O) groups excluding carboxylic acids is 2. The van der Waals surface area contributed by atoms with E-state index < -0.39 is 34.7 Å². The molecule has 3 aromatic rings.